The quantitative estimate of drug-likeness (QED) is 0.187. The molecule has 2 heterocycles. The van der Waals surface area contributed by atoms with Gasteiger partial charge in [-0.15, -0.1) is 0 Å². The lowest BCUT2D eigenvalue weighted by Crippen LogP contribution is -2.09. The van der Waals surface area contributed by atoms with Crippen LogP contribution in [0, 0.1) is 0 Å². The number of amides is 2. The largest absolute Gasteiger partial charge is 0.478 e. The first kappa shape index (κ1) is 26.1. The van der Waals surface area contributed by atoms with Gasteiger partial charge in [-0.05, 0) is 36.4 Å². The molecule has 6 N–H and O–H groups in total. The molecule has 0 radical (unpaired) electrons. The average molecular weight is 576 g/mol. The average Bonchev–Trinajstić information content (AvgIpc) is 3.40. The van der Waals surface area contributed by atoms with Crippen LogP contribution in [0.4, 0.5) is 11.6 Å². The Bertz CT molecular complexity index is 1530. The number of carbonyl (C=O) groups is 4. The molecule has 0 atom stereocenters. The highest BCUT2D eigenvalue weighted by Crippen LogP contribution is 2.24. The molecule has 14 heteroatoms. The van der Waals surface area contributed by atoms with Crippen molar-refractivity contribution in [3.05, 3.63) is 70.2 Å². The number of nitrogens with zero attached hydrogens (tertiary/aromatic N) is 2. The zero-order valence-corrected chi connectivity index (χ0v) is 20.3. The summed E-state index contributed by atoms with van der Waals surface area (Å²) in [5.74, 6) is -2.82. The first-order valence-electron chi connectivity index (χ1n) is 9.83. The van der Waals surface area contributed by atoms with E-state index in [4.69, 9.17) is 21.8 Å². The van der Waals surface area contributed by atoms with Crippen LogP contribution >= 0.6 is 27.5 Å². The number of nitrogens with one attached hydrogen (secondary N) is 4. The van der Waals surface area contributed by atoms with E-state index in [-0.39, 0.29) is 0 Å². The van der Waals surface area contributed by atoms with Crippen LogP contribution < -0.4 is 10.6 Å². The van der Waals surface area contributed by atoms with E-state index in [0.29, 0.717) is 27.6 Å². The molecule has 0 unspecified atom stereocenters. The molecule has 4 rings (SSSR count). The van der Waals surface area contributed by atoms with Gasteiger partial charge in [0.05, 0.1) is 11.0 Å². The number of H-pyrrole nitrogens is 2. The van der Waals surface area contributed by atoms with Gasteiger partial charge >= 0.3 is 11.9 Å². The predicted octanol–water partition coefficient (Wildman–Crippen LogP) is 3.70. The topological polar surface area (TPSA) is 190 Å². The van der Waals surface area contributed by atoms with Crippen molar-refractivity contribution < 1.29 is 29.4 Å². The minimum absolute atomic E-state index is 0.321. The summed E-state index contributed by atoms with van der Waals surface area (Å²) in [5.41, 5.74) is 1.45. The number of halogens is 2. The highest BCUT2D eigenvalue weighted by atomic mass is 79.9. The Labute approximate surface area is 215 Å². The normalized spacial score (nSPS) is 10.9. The third kappa shape index (κ3) is 7.25. The third-order valence-electron chi connectivity index (χ3n) is 4.29. The molecule has 0 saturated carbocycles. The zero-order chi connectivity index (χ0) is 26.2. The molecule has 2 aromatic heterocycles. The number of rotatable bonds is 6. The fraction of sp³-hybridized carbons (Fsp3) is 0. The van der Waals surface area contributed by atoms with Crippen molar-refractivity contribution in [1.82, 2.24) is 20.4 Å². The highest BCUT2D eigenvalue weighted by molar-refractivity contribution is 9.10. The summed E-state index contributed by atoms with van der Waals surface area (Å²) in [7, 11) is 0. The Morgan fingerprint density at radius 3 is 1.92 bits per heavy atom. The first-order chi connectivity index (χ1) is 17.1. The maximum atomic E-state index is 11.4. The molecule has 0 aliphatic rings. The second kappa shape index (κ2) is 11.8. The summed E-state index contributed by atoms with van der Waals surface area (Å²) in [5, 5.41) is 37.0. The lowest BCUT2D eigenvalue weighted by Gasteiger charge is -1.98. The molecule has 0 saturated heterocycles. The van der Waals surface area contributed by atoms with E-state index >= 15 is 0 Å². The van der Waals surface area contributed by atoms with Crippen molar-refractivity contribution in [1.29, 1.82) is 0 Å². The highest BCUT2D eigenvalue weighted by Gasteiger charge is 2.09. The molecule has 0 bridgehead atoms. The van der Waals surface area contributed by atoms with Crippen LogP contribution in [0.15, 0.2) is 65.2 Å². The van der Waals surface area contributed by atoms with Gasteiger partial charge < -0.3 is 20.8 Å². The van der Waals surface area contributed by atoms with Gasteiger partial charge in [0.1, 0.15) is 0 Å². The van der Waals surface area contributed by atoms with Crippen LogP contribution in [0.5, 0.6) is 0 Å². The van der Waals surface area contributed by atoms with Crippen LogP contribution in [-0.4, -0.2) is 54.4 Å². The molecule has 2 aromatic carbocycles. The number of anilines is 2. The molecular weight excluding hydrogens is 560 g/mol. The molecule has 36 heavy (non-hydrogen) atoms. The summed E-state index contributed by atoms with van der Waals surface area (Å²) >= 11 is 9.13. The molecule has 12 nitrogen and oxygen atoms in total. The Morgan fingerprint density at radius 2 is 1.33 bits per heavy atom. The van der Waals surface area contributed by atoms with Crippen molar-refractivity contribution in [3.8, 4) is 0 Å². The molecule has 2 amide bonds. The Kier molecular flexibility index (Phi) is 8.54. The van der Waals surface area contributed by atoms with Crippen molar-refractivity contribution in [2.24, 2.45) is 0 Å². The van der Waals surface area contributed by atoms with Gasteiger partial charge in [-0.25, -0.2) is 9.59 Å². The fourth-order valence-electron chi connectivity index (χ4n) is 2.78. The standard InChI is InChI=1S/C11H8BrN3O3.C11H8ClN3O3/c12-6-1-2-8-7(5-6)11(15-14-8)13-9(16)3-4-10(17)18;12-6-1-2-7-8(5-6)14-15-11(7)13-9(16)3-4-10(17)18/h2*1-5H,(H,17,18)(H2,13,14,15,16)/b4-3-;4-3+. The second-order valence-corrected chi connectivity index (χ2v) is 8.20. The number of hydrogen-bond donors (Lipinski definition) is 6. The number of benzene rings is 2. The van der Waals surface area contributed by atoms with Gasteiger partial charge in [-0.2, -0.15) is 10.2 Å². The molecule has 0 aliphatic heterocycles. The van der Waals surface area contributed by atoms with Gasteiger partial charge in [-0.3, -0.25) is 19.8 Å². The number of aromatic nitrogens is 4. The first-order valence-corrected chi connectivity index (χ1v) is 11.0. The Morgan fingerprint density at radius 1 is 0.778 bits per heavy atom. The van der Waals surface area contributed by atoms with Crippen molar-refractivity contribution in [3.63, 3.8) is 0 Å². The number of fused-ring (bicyclic) bond motifs is 2. The summed E-state index contributed by atoms with van der Waals surface area (Å²) in [6, 6.07) is 10.5. The summed E-state index contributed by atoms with van der Waals surface area (Å²) in [6.07, 6.45) is 3.36. The molecule has 0 fully saturated rings. The van der Waals surface area contributed by atoms with E-state index in [2.05, 4.69) is 47.0 Å². The fourth-order valence-corrected chi connectivity index (χ4v) is 3.31. The summed E-state index contributed by atoms with van der Waals surface area (Å²) in [4.78, 5) is 43.3. The third-order valence-corrected chi connectivity index (χ3v) is 5.02. The van der Waals surface area contributed by atoms with Gasteiger partial charge in [0.2, 0.25) is 11.8 Å². The SMILES string of the molecule is O=C(O)/C=C/C(=O)Nc1n[nH]c2cc(Cl)ccc12.O=C(O)/C=C\C(=O)Nc1n[nH]c2ccc(Br)cc12. The molecule has 0 aliphatic carbocycles. The predicted molar refractivity (Wildman–Crippen MR) is 136 cm³/mol. The van der Waals surface area contributed by atoms with E-state index in [1.54, 1.807) is 24.3 Å². The molecule has 0 spiro atoms. The van der Waals surface area contributed by atoms with Gasteiger partial charge in [0, 0.05) is 44.6 Å². The maximum Gasteiger partial charge on any atom is 0.328 e. The van der Waals surface area contributed by atoms with E-state index in [1.165, 1.54) is 0 Å². The van der Waals surface area contributed by atoms with Crippen molar-refractivity contribution in [2.45, 2.75) is 0 Å². The van der Waals surface area contributed by atoms with Crippen LogP contribution in [-0.2, 0) is 19.2 Å². The number of carbonyl (C=O) groups excluding carboxylic acids is 2. The summed E-state index contributed by atoms with van der Waals surface area (Å²) < 4.78 is 0.855. The number of aliphatic carboxylic acids is 2. The van der Waals surface area contributed by atoms with E-state index in [1.807, 2.05) is 12.1 Å². The lowest BCUT2D eigenvalue weighted by molar-refractivity contribution is -0.132. The van der Waals surface area contributed by atoms with Crippen LogP contribution in [0.3, 0.4) is 0 Å². The molecule has 4 aromatic rings. The molecular formula is C22H16BrClN6O6. The number of carboxylic acids is 2. The smallest absolute Gasteiger partial charge is 0.328 e. The van der Waals surface area contributed by atoms with Crippen molar-refractivity contribution in [2.75, 3.05) is 10.6 Å². The summed E-state index contributed by atoms with van der Waals surface area (Å²) in [6.45, 7) is 0. The van der Waals surface area contributed by atoms with E-state index in [9.17, 15) is 19.2 Å². The minimum Gasteiger partial charge on any atom is -0.478 e. The van der Waals surface area contributed by atoms with Gasteiger partial charge in [0.25, 0.3) is 0 Å². The number of aromatic amines is 2. The zero-order valence-electron chi connectivity index (χ0n) is 18.0. The molecule has 184 valence electrons. The van der Waals surface area contributed by atoms with Crippen molar-refractivity contribution >= 4 is 84.7 Å². The number of hydrogen-bond acceptors (Lipinski definition) is 6. The lowest BCUT2D eigenvalue weighted by atomic mass is 10.2. The van der Waals surface area contributed by atoms with Crippen LogP contribution in [0.2, 0.25) is 5.02 Å². The second-order valence-electron chi connectivity index (χ2n) is 6.85. The minimum atomic E-state index is -1.19. The monoisotopic (exact) mass is 574 g/mol. The Hall–Kier alpha value is -4.49. The van der Waals surface area contributed by atoms with E-state index < -0.39 is 23.8 Å². The maximum absolute atomic E-state index is 11.4. The number of carboxylic acid groups (broad SMARTS) is 2. The van der Waals surface area contributed by atoms with Crippen LogP contribution in [0.1, 0.15) is 0 Å². The van der Waals surface area contributed by atoms with E-state index in [0.717, 1.165) is 39.7 Å². The van der Waals surface area contributed by atoms with Crippen LogP contribution in [0.25, 0.3) is 21.8 Å². The Balaban J connectivity index is 0.000000201. The van der Waals surface area contributed by atoms with Gasteiger partial charge in [-0.1, -0.05) is 27.5 Å². The van der Waals surface area contributed by atoms with Gasteiger partial charge in [0.15, 0.2) is 11.6 Å².